The highest BCUT2D eigenvalue weighted by molar-refractivity contribution is 5.67. The van der Waals surface area contributed by atoms with Gasteiger partial charge in [-0.1, -0.05) is 25.7 Å². The number of hydrogen-bond acceptors (Lipinski definition) is 1. The Morgan fingerprint density at radius 3 is 2.69 bits per heavy atom. The van der Waals surface area contributed by atoms with Crippen molar-refractivity contribution in [1.82, 2.24) is 4.98 Å². The van der Waals surface area contributed by atoms with Crippen molar-refractivity contribution in [2.45, 2.75) is 20.3 Å². The van der Waals surface area contributed by atoms with E-state index in [1.807, 2.05) is 26.0 Å². The molecular formula is C11H15NO. The van der Waals surface area contributed by atoms with Gasteiger partial charge >= 0.3 is 0 Å². The molecule has 2 N–H and O–H groups in total. The van der Waals surface area contributed by atoms with Crippen LogP contribution in [0.1, 0.15) is 30.7 Å². The molecule has 0 amide bonds. The van der Waals surface area contributed by atoms with Crippen LogP contribution >= 0.6 is 0 Å². The molecule has 13 heavy (non-hydrogen) atoms. The maximum atomic E-state index is 9.53. The second kappa shape index (κ2) is 3.99. The van der Waals surface area contributed by atoms with Gasteiger partial charge in [-0.05, 0) is 19.4 Å². The van der Waals surface area contributed by atoms with Crippen LogP contribution in [-0.4, -0.2) is 10.1 Å². The predicted octanol–water partition coefficient (Wildman–Crippen LogP) is 2.96. The maximum absolute atomic E-state index is 9.53. The highest BCUT2D eigenvalue weighted by Crippen LogP contribution is 2.26. The van der Waals surface area contributed by atoms with Crippen molar-refractivity contribution in [3.05, 3.63) is 29.5 Å². The molecule has 0 aliphatic carbocycles. The summed E-state index contributed by atoms with van der Waals surface area (Å²) < 4.78 is 0. The van der Waals surface area contributed by atoms with Crippen LogP contribution in [0.2, 0.25) is 0 Å². The van der Waals surface area contributed by atoms with Gasteiger partial charge in [0.1, 0.15) is 0 Å². The molecule has 0 aliphatic rings. The standard InChI is InChI=1S/C11H15NO/c1-4-7-10-8(5-2)9(6-3)11(13)12-10/h4-5,7,12-13H,2,6H2,1,3H3/b7-4-. The van der Waals surface area contributed by atoms with Gasteiger partial charge < -0.3 is 10.1 Å². The Labute approximate surface area is 78.6 Å². The summed E-state index contributed by atoms with van der Waals surface area (Å²) in [6.45, 7) is 7.68. The van der Waals surface area contributed by atoms with E-state index < -0.39 is 0 Å². The first-order chi connectivity index (χ1) is 6.24. The van der Waals surface area contributed by atoms with E-state index in [0.29, 0.717) is 0 Å². The van der Waals surface area contributed by atoms with Gasteiger partial charge in [0.25, 0.3) is 0 Å². The summed E-state index contributed by atoms with van der Waals surface area (Å²) in [4.78, 5) is 2.91. The number of rotatable bonds is 3. The molecule has 0 aliphatic heterocycles. The maximum Gasteiger partial charge on any atom is 0.192 e. The lowest BCUT2D eigenvalue weighted by molar-refractivity contribution is 0.451. The summed E-state index contributed by atoms with van der Waals surface area (Å²) in [5.74, 6) is 0.255. The van der Waals surface area contributed by atoms with Gasteiger partial charge in [-0.15, -0.1) is 0 Å². The third-order valence-electron chi connectivity index (χ3n) is 2.05. The Morgan fingerprint density at radius 2 is 2.23 bits per heavy atom. The molecule has 0 aromatic carbocycles. The van der Waals surface area contributed by atoms with Crippen LogP contribution in [0.25, 0.3) is 12.2 Å². The highest BCUT2D eigenvalue weighted by atomic mass is 16.3. The number of aromatic hydroxyl groups is 1. The highest BCUT2D eigenvalue weighted by Gasteiger charge is 2.10. The third-order valence-corrected chi connectivity index (χ3v) is 2.05. The molecule has 0 saturated carbocycles. The van der Waals surface area contributed by atoms with E-state index in [4.69, 9.17) is 0 Å². The van der Waals surface area contributed by atoms with E-state index in [2.05, 4.69) is 11.6 Å². The molecule has 1 heterocycles. The Kier molecular flexibility index (Phi) is 2.96. The SMILES string of the molecule is C=Cc1c(/C=C\C)[nH]c(O)c1CC. The van der Waals surface area contributed by atoms with Crippen molar-refractivity contribution in [2.75, 3.05) is 0 Å². The minimum absolute atomic E-state index is 0.255. The van der Waals surface area contributed by atoms with Crippen LogP contribution in [0, 0.1) is 0 Å². The average molecular weight is 177 g/mol. The normalized spacial score (nSPS) is 10.9. The van der Waals surface area contributed by atoms with Crippen LogP contribution in [0.15, 0.2) is 12.7 Å². The molecule has 70 valence electrons. The number of hydrogen-bond donors (Lipinski definition) is 2. The number of nitrogens with one attached hydrogen (secondary N) is 1. The zero-order valence-corrected chi connectivity index (χ0v) is 8.09. The molecule has 0 radical (unpaired) electrons. The van der Waals surface area contributed by atoms with Gasteiger partial charge in [-0.2, -0.15) is 0 Å². The second-order valence-electron chi connectivity index (χ2n) is 2.84. The summed E-state index contributed by atoms with van der Waals surface area (Å²) in [5, 5.41) is 9.53. The Morgan fingerprint density at radius 1 is 1.54 bits per heavy atom. The van der Waals surface area contributed by atoms with Crippen LogP contribution < -0.4 is 0 Å². The number of aromatic amines is 1. The quantitative estimate of drug-likeness (QED) is 0.731. The van der Waals surface area contributed by atoms with Gasteiger partial charge in [-0.3, -0.25) is 0 Å². The smallest absolute Gasteiger partial charge is 0.192 e. The van der Waals surface area contributed by atoms with E-state index >= 15 is 0 Å². The van der Waals surface area contributed by atoms with Gasteiger partial charge in [-0.25, -0.2) is 0 Å². The number of H-pyrrole nitrogens is 1. The Hall–Kier alpha value is -1.44. The lowest BCUT2D eigenvalue weighted by Gasteiger charge is -1.95. The first-order valence-corrected chi connectivity index (χ1v) is 4.43. The van der Waals surface area contributed by atoms with Gasteiger partial charge in [0.05, 0.1) is 0 Å². The molecule has 0 unspecified atom stereocenters. The van der Waals surface area contributed by atoms with E-state index in [1.54, 1.807) is 6.08 Å². The Bertz CT molecular complexity index is 334. The molecule has 2 heteroatoms. The molecule has 0 fully saturated rings. The average Bonchev–Trinajstić information content (AvgIpc) is 2.41. The fourth-order valence-electron chi connectivity index (χ4n) is 1.45. The third kappa shape index (κ3) is 1.66. The van der Waals surface area contributed by atoms with Crippen molar-refractivity contribution in [3.8, 4) is 5.88 Å². The molecule has 0 atom stereocenters. The molecule has 2 nitrogen and oxygen atoms in total. The van der Waals surface area contributed by atoms with Crippen LogP contribution in [0.4, 0.5) is 0 Å². The summed E-state index contributed by atoms with van der Waals surface area (Å²) in [7, 11) is 0. The zero-order chi connectivity index (χ0) is 9.84. The zero-order valence-electron chi connectivity index (χ0n) is 8.09. The molecule has 0 bridgehead atoms. The first-order valence-electron chi connectivity index (χ1n) is 4.43. The summed E-state index contributed by atoms with van der Waals surface area (Å²) in [6.07, 6.45) is 6.43. The molecule has 1 aromatic rings. The fraction of sp³-hybridized carbons (Fsp3) is 0.273. The van der Waals surface area contributed by atoms with Gasteiger partial charge in [0.15, 0.2) is 5.88 Å². The van der Waals surface area contributed by atoms with Crippen molar-refractivity contribution in [3.63, 3.8) is 0 Å². The Balaban J connectivity index is 3.29. The van der Waals surface area contributed by atoms with Crippen LogP contribution in [0.3, 0.4) is 0 Å². The fourth-order valence-corrected chi connectivity index (χ4v) is 1.45. The van der Waals surface area contributed by atoms with E-state index in [1.165, 1.54) is 0 Å². The lowest BCUT2D eigenvalue weighted by atomic mass is 10.1. The molecule has 0 spiro atoms. The summed E-state index contributed by atoms with van der Waals surface area (Å²) >= 11 is 0. The monoisotopic (exact) mass is 177 g/mol. The lowest BCUT2D eigenvalue weighted by Crippen LogP contribution is -1.81. The van der Waals surface area contributed by atoms with Crippen molar-refractivity contribution < 1.29 is 5.11 Å². The second-order valence-corrected chi connectivity index (χ2v) is 2.84. The van der Waals surface area contributed by atoms with Gasteiger partial charge in [0, 0.05) is 16.8 Å². The van der Waals surface area contributed by atoms with Crippen molar-refractivity contribution in [1.29, 1.82) is 0 Å². The van der Waals surface area contributed by atoms with Crippen LogP contribution in [0.5, 0.6) is 5.88 Å². The summed E-state index contributed by atoms with van der Waals surface area (Å²) in [6, 6.07) is 0. The molecule has 0 saturated heterocycles. The topological polar surface area (TPSA) is 36.0 Å². The largest absolute Gasteiger partial charge is 0.494 e. The van der Waals surface area contributed by atoms with E-state index in [0.717, 1.165) is 23.2 Å². The molecule has 1 aromatic heterocycles. The van der Waals surface area contributed by atoms with E-state index in [9.17, 15) is 5.11 Å². The minimum atomic E-state index is 0.255. The van der Waals surface area contributed by atoms with Crippen LogP contribution in [-0.2, 0) is 6.42 Å². The number of aromatic nitrogens is 1. The first kappa shape index (κ1) is 9.65. The van der Waals surface area contributed by atoms with Crippen molar-refractivity contribution in [2.24, 2.45) is 0 Å². The predicted molar refractivity (Wildman–Crippen MR) is 56.6 cm³/mol. The summed E-state index contributed by atoms with van der Waals surface area (Å²) in [5.41, 5.74) is 2.85. The van der Waals surface area contributed by atoms with Crippen molar-refractivity contribution >= 4 is 12.2 Å². The van der Waals surface area contributed by atoms with E-state index in [-0.39, 0.29) is 5.88 Å². The minimum Gasteiger partial charge on any atom is -0.494 e. The molecular weight excluding hydrogens is 162 g/mol. The molecule has 1 rings (SSSR count). The van der Waals surface area contributed by atoms with Gasteiger partial charge in [0.2, 0.25) is 0 Å². The number of allylic oxidation sites excluding steroid dienone is 1.